The summed E-state index contributed by atoms with van der Waals surface area (Å²) in [5.74, 6) is 1.34. The van der Waals surface area contributed by atoms with Crippen molar-refractivity contribution in [2.24, 2.45) is 0 Å². The minimum atomic E-state index is 0.283. The lowest BCUT2D eigenvalue weighted by Gasteiger charge is -2.29. The molecule has 1 amide bonds. The number of hydrogen-bond donors (Lipinski definition) is 0. The van der Waals surface area contributed by atoms with Crippen LogP contribution in [0, 0.1) is 6.92 Å². The highest BCUT2D eigenvalue weighted by Gasteiger charge is 2.27. The molecule has 3 rings (SSSR count). The summed E-state index contributed by atoms with van der Waals surface area (Å²) in [7, 11) is 0. The summed E-state index contributed by atoms with van der Waals surface area (Å²) in [5, 5.41) is 2.13. The summed E-state index contributed by atoms with van der Waals surface area (Å²) in [6, 6.07) is 2.57. The first-order chi connectivity index (χ1) is 11.7. The number of carbonyl (C=O) groups excluding carboxylic acids is 1. The minimum Gasteiger partial charge on any atom is -0.335 e. The van der Waals surface area contributed by atoms with Crippen LogP contribution in [0.2, 0.25) is 0 Å². The van der Waals surface area contributed by atoms with Gasteiger partial charge in [-0.25, -0.2) is 4.98 Å². The fraction of sp³-hybridized carbons (Fsp3) is 0.579. The van der Waals surface area contributed by atoms with Crippen LogP contribution in [0.1, 0.15) is 55.3 Å². The first kappa shape index (κ1) is 17.2. The Morgan fingerprint density at radius 3 is 2.88 bits per heavy atom. The molecule has 0 N–H and O–H groups in total. The smallest absolute Gasteiger partial charge is 0.224 e. The van der Waals surface area contributed by atoms with Gasteiger partial charge in [0.15, 0.2) is 0 Å². The van der Waals surface area contributed by atoms with Gasteiger partial charge >= 0.3 is 0 Å². The summed E-state index contributed by atoms with van der Waals surface area (Å²) < 4.78 is 2.11. The van der Waals surface area contributed by atoms with E-state index in [9.17, 15) is 4.79 Å². The third-order valence-corrected chi connectivity index (χ3v) is 6.06. The van der Waals surface area contributed by atoms with Crippen molar-refractivity contribution in [1.82, 2.24) is 14.5 Å². The average Bonchev–Trinajstić information content (AvgIpc) is 3.32. The SMILES string of the molecule is CCc1nccn1CCC(=O)N(Cc1sccc1C)C1CCCC1. The van der Waals surface area contributed by atoms with E-state index in [1.807, 2.05) is 12.4 Å². The molecule has 0 unspecified atom stereocenters. The molecule has 0 aromatic carbocycles. The van der Waals surface area contributed by atoms with Crippen LogP contribution in [0.15, 0.2) is 23.8 Å². The number of amides is 1. The predicted octanol–water partition coefficient (Wildman–Crippen LogP) is 4.18. The molecule has 1 aliphatic rings. The summed E-state index contributed by atoms with van der Waals surface area (Å²) in [6.45, 7) is 5.75. The Morgan fingerprint density at radius 2 is 2.21 bits per heavy atom. The second kappa shape index (κ2) is 7.97. The molecule has 130 valence electrons. The number of aryl methyl sites for hydroxylation is 3. The molecule has 1 fully saturated rings. The van der Waals surface area contributed by atoms with Crippen LogP contribution in [0.5, 0.6) is 0 Å². The van der Waals surface area contributed by atoms with Gasteiger partial charge < -0.3 is 9.47 Å². The average molecular weight is 346 g/mol. The highest BCUT2D eigenvalue weighted by molar-refractivity contribution is 7.10. The molecule has 0 saturated heterocycles. The second-order valence-electron chi connectivity index (χ2n) is 6.63. The summed E-state index contributed by atoms with van der Waals surface area (Å²) in [4.78, 5) is 20.8. The van der Waals surface area contributed by atoms with Gasteiger partial charge in [-0.3, -0.25) is 4.79 Å². The molecule has 1 aliphatic carbocycles. The molecule has 4 nitrogen and oxygen atoms in total. The maximum Gasteiger partial charge on any atom is 0.224 e. The Morgan fingerprint density at radius 1 is 1.42 bits per heavy atom. The first-order valence-electron chi connectivity index (χ1n) is 9.01. The quantitative estimate of drug-likeness (QED) is 0.755. The molecule has 2 aromatic rings. The standard InChI is InChI=1S/C19H27N3OS/c1-3-18-20-10-12-21(18)11-8-19(23)22(16-6-4-5-7-16)14-17-15(2)9-13-24-17/h9-10,12-13,16H,3-8,11,14H2,1-2H3. The highest BCUT2D eigenvalue weighted by atomic mass is 32.1. The zero-order valence-corrected chi connectivity index (χ0v) is 15.5. The topological polar surface area (TPSA) is 38.1 Å². The van der Waals surface area contributed by atoms with Crippen molar-refractivity contribution in [3.63, 3.8) is 0 Å². The maximum absolute atomic E-state index is 13.0. The lowest BCUT2D eigenvalue weighted by atomic mass is 10.1. The zero-order valence-electron chi connectivity index (χ0n) is 14.7. The van der Waals surface area contributed by atoms with Gasteiger partial charge in [0.2, 0.25) is 5.91 Å². The third kappa shape index (κ3) is 3.89. The Kier molecular flexibility index (Phi) is 5.72. The van der Waals surface area contributed by atoms with Crippen LogP contribution in [0.4, 0.5) is 0 Å². The van der Waals surface area contributed by atoms with Gasteiger partial charge in [0, 0.05) is 42.7 Å². The maximum atomic E-state index is 13.0. The second-order valence-corrected chi connectivity index (χ2v) is 7.63. The van der Waals surface area contributed by atoms with Crippen LogP contribution < -0.4 is 0 Å². The molecule has 0 atom stereocenters. The molecule has 0 aliphatic heterocycles. The number of rotatable bonds is 7. The van der Waals surface area contributed by atoms with E-state index in [0.29, 0.717) is 12.5 Å². The van der Waals surface area contributed by atoms with E-state index in [2.05, 4.69) is 39.7 Å². The monoisotopic (exact) mass is 345 g/mol. The molecular weight excluding hydrogens is 318 g/mol. The Bertz CT molecular complexity index is 670. The van der Waals surface area contributed by atoms with Crippen molar-refractivity contribution in [2.75, 3.05) is 0 Å². The molecule has 0 bridgehead atoms. The van der Waals surface area contributed by atoms with Gasteiger partial charge in [0.1, 0.15) is 5.82 Å². The fourth-order valence-electron chi connectivity index (χ4n) is 3.58. The van der Waals surface area contributed by atoms with Crippen LogP contribution in [-0.4, -0.2) is 26.4 Å². The van der Waals surface area contributed by atoms with Gasteiger partial charge in [-0.15, -0.1) is 11.3 Å². The fourth-order valence-corrected chi connectivity index (χ4v) is 4.48. The summed E-state index contributed by atoms with van der Waals surface area (Å²) in [5.41, 5.74) is 1.30. The molecule has 2 heterocycles. The van der Waals surface area contributed by atoms with E-state index in [1.165, 1.54) is 23.3 Å². The van der Waals surface area contributed by atoms with Gasteiger partial charge in [0.05, 0.1) is 6.54 Å². The number of imidazole rings is 1. The van der Waals surface area contributed by atoms with Crippen LogP contribution in [0.3, 0.4) is 0 Å². The lowest BCUT2D eigenvalue weighted by molar-refractivity contribution is -0.134. The van der Waals surface area contributed by atoms with E-state index < -0.39 is 0 Å². The van der Waals surface area contributed by atoms with Crippen LogP contribution in [0.25, 0.3) is 0 Å². The van der Waals surface area contributed by atoms with E-state index >= 15 is 0 Å². The normalized spacial score (nSPS) is 15.1. The van der Waals surface area contributed by atoms with E-state index in [1.54, 1.807) is 11.3 Å². The van der Waals surface area contributed by atoms with E-state index in [0.717, 1.165) is 38.2 Å². The van der Waals surface area contributed by atoms with Crippen LogP contribution in [-0.2, 0) is 24.3 Å². The van der Waals surface area contributed by atoms with E-state index in [-0.39, 0.29) is 5.91 Å². The van der Waals surface area contributed by atoms with Crippen molar-refractivity contribution in [3.8, 4) is 0 Å². The molecule has 24 heavy (non-hydrogen) atoms. The highest BCUT2D eigenvalue weighted by Crippen LogP contribution is 2.28. The van der Waals surface area contributed by atoms with Crippen molar-refractivity contribution in [1.29, 1.82) is 0 Å². The van der Waals surface area contributed by atoms with E-state index in [4.69, 9.17) is 0 Å². The lowest BCUT2D eigenvalue weighted by Crippen LogP contribution is -2.38. The Balaban J connectivity index is 1.67. The molecule has 0 spiro atoms. The molecular formula is C19H27N3OS. The number of carbonyl (C=O) groups is 1. The van der Waals surface area contributed by atoms with Gasteiger partial charge in [-0.05, 0) is 36.8 Å². The number of nitrogens with zero attached hydrogens (tertiary/aromatic N) is 3. The summed E-state index contributed by atoms with van der Waals surface area (Å²) >= 11 is 1.77. The minimum absolute atomic E-state index is 0.283. The zero-order chi connectivity index (χ0) is 16.9. The Labute approximate surface area is 148 Å². The van der Waals surface area contributed by atoms with Gasteiger partial charge in [-0.2, -0.15) is 0 Å². The number of thiophene rings is 1. The molecule has 0 radical (unpaired) electrons. The van der Waals surface area contributed by atoms with Crippen LogP contribution >= 0.6 is 11.3 Å². The van der Waals surface area contributed by atoms with Crippen molar-refractivity contribution in [3.05, 3.63) is 40.1 Å². The molecule has 2 aromatic heterocycles. The molecule has 1 saturated carbocycles. The van der Waals surface area contributed by atoms with Crippen molar-refractivity contribution < 1.29 is 4.79 Å². The summed E-state index contributed by atoms with van der Waals surface area (Å²) in [6.07, 6.45) is 10.1. The number of hydrogen-bond acceptors (Lipinski definition) is 3. The molecule has 5 heteroatoms. The van der Waals surface area contributed by atoms with Gasteiger partial charge in [0.25, 0.3) is 0 Å². The van der Waals surface area contributed by atoms with Gasteiger partial charge in [-0.1, -0.05) is 19.8 Å². The Hall–Kier alpha value is -1.62. The van der Waals surface area contributed by atoms with Crippen molar-refractivity contribution in [2.45, 2.75) is 71.5 Å². The third-order valence-electron chi connectivity index (χ3n) is 5.05. The number of aromatic nitrogens is 2. The largest absolute Gasteiger partial charge is 0.335 e. The predicted molar refractivity (Wildman–Crippen MR) is 98.1 cm³/mol. The van der Waals surface area contributed by atoms with Crippen molar-refractivity contribution >= 4 is 17.2 Å². The first-order valence-corrected chi connectivity index (χ1v) is 9.89.